The molecule has 0 bridgehead atoms. The second-order valence-electron chi connectivity index (χ2n) is 6.22. The molecule has 1 aliphatic heterocycles. The molecule has 0 aliphatic carbocycles. The third kappa shape index (κ3) is 6.89. The molecule has 1 aromatic rings. The van der Waals surface area contributed by atoms with E-state index in [-0.39, 0.29) is 0 Å². The Morgan fingerprint density at radius 3 is 2.83 bits per heavy atom. The van der Waals surface area contributed by atoms with Gasteiger partial charge in [0.25, 0.3) is 0 Å². The number of hydrogen-bond donors (Lipinski definition) is 2. The van der Waals surface area contributed by atoms with Gasteiger partial charge < -0.3 is 20.4 Å². The second-order valence-corrected chi connectivity index (χ2v) is 7.59. The topological polar surface area (TPSA) is 42.9 Å². The van der Waals surface area contributed by atoms with E-state index in [4.69, 9.17) is 0 Å². The molecule has 6 heteroatoms. The second kappa shape index (κ2) is 9.90. The number of thiophene rings is 1. The predicted octanol–water partition coefficient (Wildman–Crippen LogP) is 1.75. The van der Waals surface area contributed by atoms with Crippen molar-refractivity contribution in [2.45, 2.75) is 26.3 Å². The summed E-state index contributed by atoms with van der Waals surface area (Å²) >= 11 is 1.83. The van der Waals surface area contributed by atoms with Crippen molar-refractivity contribution in [3.8, 4) is 0 Å². The van der Waals surface area contributed by atoms with E-state index in [1.54, 1.807) is 0 Å². The standard InChI is InChI=1S/C17H31N5S/c1-15-6-7-16(23-15)14-20-17(18-2)19-8-4-10-22-11-5-9-21(3)12-13-22/h6-7H,4-5,8-14H2,1-3H3,(H2,18,19,20). The van der Waals surface area contributed by atoms with E-state index in [1.807, 2.05) is 18.4 Å². The molecule has 0 unspecified atom stereocenters. The Balaban J connectivity index is 1.60. The largest absolute Gasteiger partial charge is 0.356 e. The first-order valence-corrected chi connectivity index (χ1v) is 9.40. The van der Waals surface area contributed by atoms with Gasteiger partial charge in [-0.15, -0.1) is 11.3 Å². The van der Waals surface area contributed by atoms with Gasteiger partial charge in [-0.25, -0.2) is 0 Å². The smallest absolute Gasteiger partial charge is 0.191 e. The average molecular weight is 338 g/mol. The van der Waals surface area contributed by atoms with Crippen LogP contribution in [0.15, 0.2) is 17.1 Å². The van der Waals surface area contributed by atoms with Gasteiger partial charge >= 0.3 is 0 Å². The van der Waals surface area contributed by atoms with Gasteiger partial charge in [0.1, 0.15) is 0 Å². The highest BCUT2D eigenvalue weighted by atomic mass is 32.1. The van der Waals surface area contributed by atoms with E-state index in [0.29, 0.717) is 0 Å². The number of hydrogen-bond acceptors (Lipinski definition) is 4. The lowest BCUT2D eigenvalue weighted by Crippen LogP contribution is -2.38. The van der Waals surface area contributed by atoms with Crippen LogP contribution < -0.4 is 10.6 Å². The molecule has 2 heterocycles. The number of guanidine groups is 1. The van der Waals surface area contributed by atoms with Crippen LogP contribution in [0.25, 0.3) is 0 Å². The minimum absolute atomic E-state index is 0.844. The number of aryl methyl sites for hydroxylation is 1. The van der Waals surface area contributed by atoms with Crippen molar-refractivity contribution in [1.82, 2.24) is 20.4 Å². The van der Waals surface area contributed by atoms with Crippen molar-refractivity contribution in [1.29, 1.82) is 0 Å². The maximum Gasteiger partial charge on any atom is 0.191 e. The Morgan fingerprint density at radius 1 is 1.22 bits per heavy atom. The molecule has 130 valence electrons. The van der Waals surface area contributed by atoms with E-state index < -0.39 is 0 Å². The van der Waals surface area contributed by atoms with Crippen molar-refractivity contribution in [2.24, 2.45) is 4.99 Å². The van der Waals surface area contributed by atoms with Crippen molar-refractivity contribution in [3.05, 3.63) is 21.9 Å². The van der Waals surface area contributed by atoms with Gasteiger partial charge in [0, 0.05) is 36.4 Å². The molecule has 0 amide bonds. The molecule has 1 saturated heterocycles. The summed E-state index contributed by atoms with van der Waals surface area (Å²) in [5.74, 6) is 0.895. The maximum absolute atomic E-state index is 4.30. The van der Waals surface area contributed by atoms with Crippen LogP contribution in [-0.4, -0.2) is 69.1 Å². The molecular formula is C17H31N5S. The van der Waals surface area contributed by atoms with Gasteiger partial charge in [-0.3, -0.25) is 4.99 Å². The first-order chi connectivity index (χ1) is 11.2. The van der Waals surface area contributed by atoms with E-state index in [1.165, 1.54) is 48.9 Å². The zero-order valence-corrected chi connectivity index (χ0v) is 15.6. The maximum atomic E-state index is 4.30. The van der Waals surface area contributed by atoms with Crippen molar-refractivity contribution >= 4 is 17.3 Å². The summed E-state index contributed by atoms with van der Waals surface area (Å²) in [5.41, 5.74) is 0. The predicted molar refractivity (Wildman–Crippen MR) is 100 cm³/mol. The van der Waals surface area contributed by atoms with E-state index in [2.05, 4.69) is 51.5 Å². The molecule has 0 aromatic carbocycles. The summed E-state index contributed by atoms with van der Waals surface area (Å²) < 4.78 is 0. The summed E-state index contributed by atoms with van der Waals surface area (Å²) in [7, 11) is 4.05. The van der Waals surface area contributed by atoms with Crippen LogP contribution in [0, 0.1) is 6.92 Å². The minimum Gasteiger partial charge on any atom is -0.356 e. The molecular weight excluding hydrogens is 306 g/mol. The van der Waals surface area contributed by atoms with E-state index in [0.717, 1.165) is 25.5 Å². The fraction of sp³-hybridized carbons (Fsp3) is 0.706. The number of rotatable bonds is 6. The number of aliphatic imine (C=N–C) groups is 1. The number of nitrogens with zero attached hydrogens (tertiary/aromatic N) is 3. The third-order valence-corrected chi connectivity index (χ3v) is 5.21. The molecule has 0 radical (unpaired) electrons. The number of nitrogens with one attached hydrogen (secondary N) is 2. The normalized spacial score (nSPS) is 18.0. The van der Waals surface area contributed by atoms with Crippen molar-refractivity contribution in [3.63, 3.8) is 0 Å². The highest BCUT2D eigenvalue weighted by Crippen LogP contribution is 2.14. The molecule has 0 spiro atoms. The lowest BCUT2D eigenvalue weighted by atomic mass is 10.3. The zero-order valence-electron chi connectivity index (χ0n) is 14.8. The first-order valence-electron chi connectivity index (χ1n) is 8.58. The Hall–Kier alpha value is -1.11. The molecule has 5 nitrogen and oxygen atoms in total. The molecule has 1 fully saturated rings. The van der Waals surface area contributed by atoms with Crippen LogP contribution in [0.4, 0.5) is 0 Å². The Bertz CT molecular complexity index is 485. The van der Waals surface area contributed by atoms with Gasteiger partial charge in [-0.2, -0.15) is 0 Å². The first kappa shape index (κ1) is 18.2. The Kier molecular flexibility index (Phi) is 7.85. The SMILES string of the molecule is CN=C(NCCCN1CCCN(C)CC1)NCc1ccc(C)s1. The van der Waals surface area contributed by atoms with Crippen LogP contribution in [0.1, 0.15) is 22.6 Å². The van der Waals surface area contributed by atoms with Gasteiger partial charge in [-0.1, -0.05) is 0 Å². The third-order valence-electron chi connectivity index (χ3n) is 4.21. The van der Waals surface area contributed by atoms with Crippen LogP contribution in [-0.2, 0) is 6.54 Å². The zero-order chi connectivity index (χ0) is 16.5. The van der Waals surface area contributed by atoms with Crippen LogP contribution in [0.2, 0.25) is 0 Å². The molecule has 23 heavy (non-hydrogen) atoms. The highest BCUT2D eigenvalue weighted by molar-refractivity contribution is 7.11. The lowest BCUT2D eigenvalue weighted by molar-refractivity contribution is 0.274. The van der Waals surface area contributed by atoms with Crippen LogP contribution in [0.3, 0.4) is 0 Å². The fourth-order valence-corrected chi connectivity index (χ4v) is 3.63. The van der Waals surface area contributed by atoms with Crippen molar-refractivity contribution < 1.29 is 0 Å². The van der Waals surface area contributed by atoms with Gasteiger partial charge in [0.05, 0.1) is 6.54 Å². The molecule has 1 aromatic heterocycles. The Morgan fingerprint density at radius 2 is 2.09 bits per heavy atom. The highest BCUT2D eigenvalue weighted by Gasteiger charge is 2.11. The quantitative estimate of drug-likeness (QED) is 0.471. The summed E-state index contributed by atoms with van der Waals surface area (Å²) in [6.07, 6.45) is 2.44. The van der Waals surface area contributed by atoms with Gasteiger partial charge in [0.2, 0.25) is 0 Å². The average Bonchev–Trinajstić information content (AvgIpc) is 2.85. The Labute approximate surface area is 144 Å². The van der Waals surface area contributed by atoms with E-state index >= 15 is 0 Å². The molecule has 2 rings (SSSR count). The van der Waals surface area contributed by atoms with Crippen LogP contribution >= 0.6 is 11.3 Å². The van der Waals surface area contributed by atoms with Crippen molar-refractivity contribution in [2.75, 3.05) is 53.4 Å². The van der Waals surface area contributed by atoms with Crippen LogP contribution in [0.5, 0.6) is 0 Å². The van der Waals surface area contributed by atoms with E-state index in [9.17, 15) is 0 Å². The minimum atomic E-state index is 0.844. The molecule has 0 saturated carbocycles. The molecule has 0 atom stereocenters. The molecule has 1 aliphatic rings. The lowest BCUT2D eigenvalue weighted by Gasteiger charge is -2.20. The molecule has 2 N–H and O–H groups in total. The number of likely N-dealkylation sites (N-methyl/N-ethyl adjacent to an activating group) is 1. The summed E-state index contributed by atoms with van der Waals surface area (Å²) in [6.45, 7) is 9.97. The summed E-state index contributed by atoms with van der Waals surface area (Å²) in [6, 6.07) is 4.34. The van der Waals surface area contributed by atoms with Gasteiger partial charge in [0.15, 0.2) is 5.96 Å². The summed E-state index contributed by atoms with van der Waals surface area (Å²) in [5, 5.41) is 6.80. The fourth-order valence-electron chi connectivity index (χ4n) is 2.80. The monoisotopic (exact) mass is 337 g/mol. The summed E-state index contributed by atoms with van der Waals surface area (Å²) in [4.78, 5) is 12.0. The van der Waals surface area contributed by atoms with Gasteiger partial charge in [-0.05, 0) is 58.6 Å².